The highest BCUT2D eigenvalue weighted by atomic mass is 79.9. The van der Waals surface area contributed by atoms with Crippen molar-refractivity contribution in [2.24, 2.45) is 0 Å². The number of carbonyl (C=O) groups excluding carboxylic acids is 1. The van der Waals surface area contributed by atoms with Crippen LogP contribution in [0.5, 0.6) is 0 Å². The maximum absolute atomic E-state index is 12.5. The van der Waals surface area contributed by atoms with Crippen molar-refractivity contribution >= 4 is 45.0 Å². The lowest BCUT2D eigenvalue weighted by Gasteiger charge is -2.36. The summed E-state index contributed by atoms with van der Waals surface area (Å²) >= 11 is 15.1. The number of amides is 1. The van der Waals surface area contributed by atoms with Crippen LogP contribution in [0.25, 0.3) is 0 Å². The minimum absolute atomic E-state index is 0.00692. The molecule has 1 saturated heterocycles. The fourth-order valence-electron chi connectivity index (χ4n) is 2.13. The molecule has 0 aromatic heterocycles. The SMILES string of the molecule is CC1CN(C(=O)c2ccc(Cl)cc2Br)CC(CCl)O1. The van der Waals surface area contributed by atoms with Gasteiger partial charge < -0.3 is 9.64 Å². The molecule has 1 aromatic carbocycles. The smallest absolute Gasteiger partial charge is 0.255 e. The summed E-state index contributed by atoms with van der Waals surface area (Å²) in [6.07, 6.45) is -0.118. The lowest BCUT2D eigenvalue weighted by atomic mass is 10.1. The van der Waals surface area contributed by atoms with Crippen LogP contribution < -0.4 is 0 Å². The van der Waals surface area contributed by atoms with Crippen LogP contribution in [0.4, 0.5) is 0 Å². The van der Waals surface area contributed by atoms with E-state index in [0.717, 1.165) is 0 Å². The minimum atomic E-state index is -0.111. The van der Waals surface area contributed by atoms with Gasteiger partial charge in [-0.25, -0.2) is 0 Å². The average molecular weight is 367 g/mol. The number of rotatable bonds is 2. The number of ether oxygens (including phenoxy) is 1. The fraction of sp³-hybridized carbons (Fsp3) is 0.462. The fourth-order valence-corrected chi connectivity index (χ4v) is 3.15. The highest BCUT2D eigenvalue weighted by Gasteiger charge is 2.29. The van der Waals surface area contributed by atoms with Gasteiger partial charge in [0.15, 0.2) is 0 Å². The Morgan fingerprint density at radius 2 is 2.26 bits per heavy atom. The summed E-state index contributed by atoms with van der Waals surface area (Å²) in [5.41, 5.74) is 0.604. The van der Waals surface area contributed by atoms with Crippen molar-refractivity contribution in [2.45, 2.75) is 19.1 Å². The maximum Gasteiger partial charge on any atom is 0.255 e. The highest BCUT2D eigenvalue weighted by molar-refractivity contribution is 9.10. The number of hydrogen-bond acceptors (Lipinski definition) is 2. The summed E-state index contributed by atoms with van der Waals surface area (Å²) in [6, 6.07) is 5.16. The molecule has 0 saturated carbocycles. The predicted octanol–water partition coefficient (Wildman–Crippen LogP) is 3.57. The van der Waals surface area contributed by atoms with Crippen LogP contribution in [0.3, 0.4) is 0 Å². The minimum Gasteiger partial charge on any atom is -0.370 e. The van der Waals surface area contributed by atoms with Gasteiger partial charge in [-0.3, -0.25) is 4.79 Å². The van der Waals surface area contributed by atoms with Crippen LogP contribution in [0.2, 0.25) is 5.02 Å². The number of nitrogens with zero attached hydrogens (tertiary/aromatic N) is 1. The zero-order valence-electron chi connectivity index (χ0n) is 10.4. The van der Waals surface area contributed by atoms with Gasteiger partial charge in [0, 0.05) is 22.6 Å². The molecule has 1 aliphatic heterocycles. The predicted molar refractivity (Wildman–Crippen MR) is 80.1 cm³/mol. The van der Waals surface area contributed by atoms with Crippen LogP contribution in [0, 0.1) is 0 Å². The van der Waals surface area contributed by atoms with Crippen molar-refractivity contribution in [2.75, 3.05) is 19.0 Å². The summed E-state index contributed by atoms with van der Waals surface area (Å²) < 4.78 is 6.34. The van der Waals surface area contributed by atoms with Crippen molar-refractivity contribution in [3.05, 3.63) is 33.3 Å². The van der Waals surface area contributed by atoms with E-state index in [9.17, 15) is 4.79 Å². The van der Waals surface area contributed by atoms with Gasteiger partial charge in [-0.15, -0.1) is 11.6 Å². The van der Waals surface area contributed by atoms with E-state index in [0.29, 0.717) is 34.0 Å². The standard InChI is InChI=1S/C13H14BrCl2NO2/c1-8-6-17(7-10(5-15)19-8)13(18)11-3-2-9(16)4-12(11)14/h2-4,8,10H,5-7H2,1H3. The number of carbonyl (C=O) groups is 1. The number of hydrogen-bond donors (Lipinski definition) is 0. The Kier molecular flexibility index (Phi) is 5.12. The van der Waals surface area contributed by atoms with E-state index in [-0.39, 0.29) is 18.1 Å². The molecule has 104 valence electrons. The third-order valence-electron chi connectivity index (χ3n) is 2.95. The van der Waals surface area contributed by atoms with Crippen LogP contribution in [0.1, 0.15) is 17.3 Å². The molecule has 1 aromatic rings. The molecule has 0 N–H and O–H groups in total. The van der Waals surface area contributed by atoms with Gasteiger partial charge in [0.1, 0.15) is 0 Å². The Morgan fingerprint density at radius 3 is 2.89 bits per heavy atom. The maximum atomic E-state index is 12.5. The summed E-state index contributed by atoms with van der Waals surface area (Å²) in [6.45, 7) is 3.03. The second-order valence-electron chi connectivity index (χ2n) is 4.56. The van der Waals surface area contributed by atoms with E-state index >= 15 is 0 Å². The Bertz CT molecular complexity index is 484. The molecule has 3 nitrogen and oxygen atoms in total. The van der Waals surface area contributed by atoms with Crippen molar-refractivity contribution in [3.63, 3.8) is 0 Å². The molecule has 1 amide bonds. The Balaban J connectivity index is 2.18. The monoisotopic (exact) mass is 365 g/mol. The van der Waals surface area contributed by atoms with Crippen LogP contribution in [-0.4, -0.2) is 42.0 Å². The number of halogens is 3. The van der Waals surface area contributed by atoms with Gasteiger partial charge >= 0.3 is 0 Å². The molecule has 0 radical (unpaired) electrons. The Morgan fingerprint density at radius 1 is 1.53 bits per heavy atom. The molecule has 0 bridgehead atoms. The van der Waals surface area contributed by atoms with E-state index in [2.05, 4.69) is 15.9 Å². The normalized spacial score (nSPS) is 23.5. The quantitative estimate of drug-likeness (QED) is 0.749. The van der Waals surface area contributed by atoms with E-state index in [1.807, 2.05) is 6.92 Å². The molecule has 0 spiro atoms. The number of morpholine rings is 1. The number of benzene rings is 1. The van der Waals surface area contributed by atoms with E-state index in [1.54, 1.807) is 23.1 Å². The van der Waals surface area contributed by atoms with E-state index in [1.165, 1.54) is 0 Å². The average Bonchev–Trinajstić information content (AvgIpc) is 2.37. The third-order valence-corrected chi connectivity index (χ3v) is 4.18. The molecule has 0 aliphatic carbocycles. The first-order valence-corrected chi connectivity index (χ1v) is 7.67. The van der Waals surface area contributed by atoms with E-state index < -0.39 is 0 Å². The zero-order chi connectivity index (χ0) is 14.0. The van der Waals surface area contributed by atoms with Gasteiger partial charge in [-0.2, -0.15) is 0 Å². The first-order valence-electron chi connectivity index (χ1n) is 5.97. The van der Waals surface area contributed by atoms with Crippen molar-refractivity contribution < 1.29 is 9.53 Å². The Labute approximate surface area is 130 Å². The molecule has 1 heterocycles. The van der Waals surface area contributed by atoms with Gasteiger partial charge in [0.05, 0.1) is 23.7 Å². The molecule has 1 fully saturated rings. The lowest BCUT2D eigenvalue weighted by molar-refractivity contribution is -0.0570. The van der Waals surface area contributed by atoms with Crippen LogP contribution in [0.15, 0.2) is 22.7 Å². The van der Waals surface area contributed by atoms with E-state index in [4.69, 9.17) is 27.9 Å². The summed E-state index contributed by atoms with van der Waals surface area (Å²) in [5.74, 6) is 0.351. The second-order valence-corrected chi connectivity index (χ2v) is 6.16. The van der Waals surface area contributed by atoms with Crippen molar-refractivity contribution in [1.82, 2.24) is 4.90 Å². The van der Waals surface area contributed by atoms with Gasteiger partial charge in [0.25, 0.3) is 5.91 Å². The summed E-state index contributed by atoms with van der Waals surface area (Å²) in [5, 5.41) is 0.595. The van der Waals surface area contributed by atoms with Crippen molar-refractivity contribution in [1.29, 1.82) is 0 Å². The second kappa shape index (κ2) is 6.44. The lowest BCUT2D eigenvalue weighted by Crippen LogP contribution is -2.49. The van der Waals surface area contributed by atoms with Gasteiger partial charge in [-0.05, 0) is 41.1 Å². The molecule has 2 atom stereocenters. The molecular weight excluding hydrogens is 353 g/mol. The molecule has 19 heavy (non-hydrogen) atoms. The summed E-state index contributed by atoms with van der Waals surface area (Å²) in [4.78, 5) is 14.3. The molecule has 1 aliphatic rings. The highest BCUT2D eigenvalue weighted by Crippen LogP contribution is 2.24. The molecule has 2 rings (SSSR count). The van der Waals surface area contributed by atoms with Crippen LogP contribution >= 0.6 is 39.1 Å². The number of alkyl halides is 1. The molecule has 2 unspecified atom stereocenters. The third kappa shape index (κ3) is 3.63. The zero-order valence-corrected chi connectivity index (χ0v) is 13.5. The molecular formula is C13H14BrCl2NO2. The first kappa shape index (κ1) is 15.1. The van der Waals surface area contributed by atoms with Gasteiger partial charge in [0.2, 0.25) is 0 Å². The van der Waals surface area contributed by atoms with Crippen LogP contribution in [-0.2, 0) is 4.74 Å². The first-order chi connectivity index (χ1) is 9.01. The molecule has 6 heteroatoms. The Hall–Kier alpha value is -0.290. The largest absolute Gasteiger partial charge is 0.370 e. The van der Waals surface area contributed by atoms with Crippen molar-refractivity contribution in [3.8, 4) is 0 Å². The summed E-state index contributed by atoms with van der Waals surface area (Å²) in [7, 11) is 0. The van der Waals surface area contributed by atoms with Gasteiger partial charge in [-0.1, -0.05) is 11.6 Å². The topological polar surface area (TPSA) is 29.5 Å².